The highest BCUT2D eigenvalue weighted by molar-refractivity contribution is 7.22. The summed E-state index contributed by atoms with van der Waals surface area (Å²) in [5.41, 5.74) is 4.88. The van der Waals surface area contributed by atoms with Crippen LogP contribution in [0.15, 0.2) is 60.2 Å². The van der Waals surface area contributed by atoms with Crippen LogP contribution in [0.4, 0.5) is 5.13 Å². The Kier molecular flexibility index (Phi) is 5.58. The largest absolute Gasteiger partial charge is 0.507 e. The fraction of sp³-hybridized carbons (Fsp3) is 0.207. The second-order valence-corrected chi connectivity index (χ2v) is 11.0. The van der Waals surface area contributed by atoms with Crippen LogP contribution in [0, 0.1) is 13.8 Å². The van der Waals surface area contributed by atoms with Crippen molar-refractivity contribution in [2.24, 2.45) is 0 Å². The molecule has 0 bridgehead atoms. The van der Waals surface area contributed by atoms with Gasteiger partial charge >= 0.3 is 5.91 Å². The van der Waals surface area contributed by atoms with Crippen LogP contribution in [0.2, 0.25) is 5.02 Å². The van der Waals surface area contributed by atoms with Crippen molar-refractivity contribution in [3.8, 4) is 5.75 Å². The normalized spacial score (nSPS) is 20.5. The Labute approximate surface area is 222 Å². The van der Waals surface area contributed by atoms with E-state index in [0.29, 0.717) is 27.7 Å². The maximum absolute atomic E-state index is 13.5. The van der Waals surface area contributed by atoms with Crippen molar-refractivity contribution in [3.63, 3.8) is 0 Å². The third-order valence-corrected chi connectivity index (χ3v) is 8.04. The van der Waals surface area contributed by atoms with Gasteiger partial charge in [-0.15, -0.1) is 0 Å². The third-order valence-electron chi connectivity index (χ3n) is 6.80. The number of aryl methyl sites for hydroxylation is 2. The maximum atomic E-state index is 13.5. The van der Waals surface area contributed by atoms with Crippen LogP contribution in [0.5, 0.6) is 5.75 Å². The summed E-state index contributed by atoms with van der Waals surface area (Å²) in [6, 6.07) is 15.5. The van der Waals surface area contributed by atoms with E-state index < -0.39 is 17.7 Å². The number of aliphatic hydroxyl groups excluding tert-OH is 1. The number of fused-ring (bicyclic) bond motifs is 2. The van der Waals surface area contributed by atoms with Crippen molar-refractivity contribution in [1.82, 2.24) is 4.98 Å². The van der Waals surface area contributed by atoms with Crippen molar-refractivity contribution >= 4 is 55.7 Å². The molecule has 0 unspecified atom stereocenters. The highest BCUT2D eigenvalue weighted by atomic mass is 35.5. The molecule has 186 valence electrons. The number of hydrogen-bond acceptors (Lipinski definition) is 6. The van der Waals surface area contributed by atoms with Gasteiger partial charge in [0.25, 0.3) is 5.78 Å². The molecule has 1 aromatic heterocycles. The molecule has 1 saturated heterocycles. The lowest BCUT2D eigenvalue weighted by atomic mass is 9.94. The summed E-state index contributed by atoms with van der Waals surface area (Å²) in [6.45, 7) is 5.96. The minimum absolute atomic E-state index is 0.00587. The standard InChI is InChI=1S/C29H23ClN2O4S/c1-14-9-15(2)24-22(10-14)37-29(31-24)32-25(17-5-4-6-20(30)13-17)23(27(34)28(32)35)26(33)18-7-8-21-19(12-18)11-16(3)36-21/h4-10,12-13,16,25,33H,11H2,1-3H3/t16-,25-/m0/s1. The number of ketones is 1. The molecule has 6 rings (SSSR count). The van der Waals surface area contributed by atoms with E-state index in [1.807, 2.05) is 39.0 Å². The van der Waals surface area contributed by atoms with Gasteiger partial charge in [-0.05, 0) is 79.4 Å². The number of aliphatic hydroxyl groups is 1. The summed E-state index contributed by atoms with van der Waals surface area (Å²) in [7, 11) is 0. The van der Waals surface area contributed by atoms with Gasteiger partial charge in [-0.1, -0.05) is 41.1 Å². The van der Waals surface area contributed by atoms with Crippen LogP contribution in [0.3, 0.4) is 0 Å². The molecule has 0 saturated carbocycles. The van der Waals surface area contributed by atoms with Crippen LogP contribution in [0.1, 0.15) is 40.8 Å². The average molecular weight is 531 g/mol. The number of amides is 1. The van der Waals surface area contributed by atoms with E-state index in [4.69, 9.17) is 21.3 Å². The molecule has 2 atom stereocenters. The highest BCUT2D eigenvalue weighted by Gasteiger charge is 2.48. The van der Waals surface area contributed by atoms with E-state index in [2.05, 4.69) is 0 Å². The quantitative estimate of drug-likeness (QED) is 0.185. The monoisotopic (exact) mass is 530 g/mol. The molecule has 37 heavy (non-hydrogen) atoms. The lowest BCUT2D eigenvalue weighted by molar-refractivity contribution is -0.132. The van der Waals surface area contributed by atoms with Gasteiger partial charge in [0.2, 0.25) is 0 Å². The lowest BCUT2D eigenvalue weighted by Gasteiger charge is -2.23. The molecule has 0 spiro atoms. The topological polar surface area (TPSA) is 79.7 Å². The van der Waals surface area contributed by atoms with Gasteiger partial charge in [0.15, 0.2) is 5.13 Å². The lowest BCUT2D eigenvalue weighted by Crippen LogP contribution is -2.29. The Hall–Kier alpha value is -3.68. The predicted octanol–water partition coefficient (Wildman–Crippen LogP) is 6.52. The molecule has 3 aromatic carbocycles. The molecular formula is C29H23ClN2O4S. The minimum atomic E-state index is -0.885. The summed E-state index contributed by atoms with van der Waals surface area (Å²) in [6.07, 6.45) is 0.739. The molecule has 2 aliphatic rings. The van der Waals surface area contributed by atoms with E-state index in [1.54, 1.807) is 36.4 Å². The Morgan fingerprint density at radius 3 is 2.73 bits per heavy atom. The van der Waals surface area contributed by atoms with Gasteiger partial charge < -0.3 is 9.84 Å². The molecule has 8 heteroatoms. The van der Waals surface area contributed by atoms with E-state index in [-0.39, 0.29) is 17.4 Å². The molecular weight excluding hydrogens is 508 g/mol. The fourth-order valence-electron chi connectivity index (χ4n) is 5.21. The SMILES string of the molecule is Cc1cc(C)c2nc(N3C(=O)C(=O)C(=C(O)c4ccc5c(c4)C[C@H](C)O5)[C@@H]3c3cccc(Cl)c3)sc2c1. The number of carbonyl (C=O) groups is 2. The van der Waals surface area contributed by atoms with Crippen LogP contribution in [0.25, 0.3) is 16.0 Å². The predicted molar refractivity (Wildman–Crippen MR) is 146 cm³/mol. The molecule has 0 radical (unpaired) electrons. The van der Waals surface area contributed by atoms with Crippen molar-refractivity contribution < 1.29 is 19.4 Å². The zero-order chi connectivity index (χ0) is 26.0. The number of nitrogens with zero attached hydrogens (tertiary/aromatic N) is 2. The minimum Gasteiger partial charge on any atom is -0.507 e. The van der Waals surface area contributed by atoms with Crippen molar-refractivity contribution in [2.75, 3.05) is 4.90 Å². The molecule has 2 aliphatic heterocycles. The summed E-state index contributed by atoms with van der Waals surface area (Å²) in [5, 5.41) is 12.3. The molecule has 3 heterocycles. The maximum Gasteiger partial charge on any atom is 0.301 e. The van der Waals surface area contributed by atoms with Gasteiger partial charge in [0.1, 0.15) is 17.6 Å². The number of halogens is 1. The smallest absolute Gasteiger partial charge is 0.301 e. The summed E-state index contributed by atoms with van der Waals surface area (Å²) >= 11 is 7.67. The number of aromatic nitrogens is 1. The van der Waals surface area contributed by atoms with E-state index in [9.17, 15) is 14.7 Å². The first-order chi connectivity index (χ1) is 17.7. The Morgan fingerprint density at radius 1 is 1.14 bits per heavy atom. The number of benzene rings is 3. The second-order valence-electron chi connectivity index (χ2n) is 9.60. The number of hydrogen-bond donors (Lipinski definition) is 1. The highest BCUT2D eigenvalue weighted by Crippen LogP contribution is 2.45. The van der Waals surface area contributed by atoms with Gasteiger partial charge in [-0.25, -0.2) is 4.98 Å². The summed E-state index contributed by atoms with van der Waals surface area (Å²) < 4.78 is 6.71. The van der Waals surface area contributed by atoms with E-state index >= 15 is 0 Å². The van der Waals surface area contributed by atoms with Crippen molar-refractivity contribution in [3.05, 3.63) is 93.0 Å². The van der Waals surface area contributed by atoms with Gasteiger partial charge in [0, 0.05) is 17.0 Å². The first-order valence-electron chi connectivity index (χ1n) is 12.0. The summed E-state index contributed by atoms with van der Waals surface area (Å²) in [4.78, 5) is 33.2. The van der Waals surface area contributed by atoms with E-state index in [0.717, 1.165) is 32.7 Å². The average Bonchev–Trinajstić information content (AvgIpc) is 3.51. The number of Topliss-reactive ketones (excluding diaryl/α,β-unsaturated/α-hetero) is 1. The number of rotatable bonds is 3. The van der Waals surface area contributed by atoms with Gasteiger partial charge in [-0.3, -0.25) is 14.5 Å². The first kappa shape index (κ1) is 23.7. The fourth-order valence-corrected chi connectivity index (χ4v) is 6.58. The number of thiazole rings is 1. The van der Waals surface area contributed by atoms with Gasteiger partial charge in [0.05, 0.1) is 21.8 Å². The number of ether oxygens (including phenoxy) is 1. The van der Waals surface area contributed by atoms with Gasteiger partial charge in [-0.2, -0.15) is 0 Å². The van der Waals surface area contributed by atoms with E-state index in [1.165, 1.54) is 16.2 Å². The molecule has 1 N–H and O–H groups in total. The Balaban J connectivity index is 1.55. The van der Waals surface area contributed by atoms with Crippen LogP contribution in [-0.4, -0.2) is 27.9 Å². The van der Waals surface area contributed by atoms with Crippen LogP contribution >= 0.6 is 22.9 Å². The van der Waals surface area contributed by atoms with Crippen LogP contribution in [-0.2, 0) is 16.0 Å². The number of anilines is 1. The number of carbonyl (C=O) groups excluding carboxylic acids is 2. The second kappa shape index (κ2) is 8.71. The molecule has 1 fully saturated rings. The zero-order valence-corrected chi connectivity index (χ0v) is 22.0. The van der Waals surface area contributed by atoms with Crippen LogP contribution < -0.4 is 9.64 Å². The molecule has 4 aromatic rings. The zero-order valence-electron chi connectivity index (χ0n) is 20.4. The Morgan fingerprint density at radius 2 is 1.95 bits per heavy atom. The van der Waals surface area contributed by atoms with Crippen molar-refractivity contribution in [1.29, 1.82) is 0 Å². The molecule has 6 nitrogen and oxygen atoms in total. The summed E-state index contributed by atoms with van der Waals surface area (Å²) in [5.74, 6) is -0.977. The first-order valence-corrected chi connectivity index (χ1v) is 13.1. The Bertz CT molecular complexity index is 1660. The molecule has 0 aliphatic carbocycles. The van der Waals surface area contributed by atoms with Crippen molar-refractivity contribution in [2.45, 2.75) is 39.3 Å². The third kappa shape index (κ3) is 3.90. The molecule has 1 amide bonds.